The first-order chi connectivity index (χ1) is 21.5. The van der Waals surface area contributed by atoms with Crippen LogP contribution in [0.4, 0.5) is 10.1 Å². The number of rotatable bonds is 5. The second-order valence-electron chi connectivity index (χ2n) is 12.1. The van der Waals surface area contributed by atoms with E-state index in [0.717, 1.165) is 21.4 Å². The quantitative estimate of drug-likeness (QED) is 0.241. The number of carbonyl (C=O) groups is 4. The number of carbonyl (C=O) groups excluding carboxylic acids is 4. The smallest absolute Gasteiger partial charge is 0.241 e. The lowest BCUT2D eigenvalue weighted by Crippen LogP contribution is -2.48. The van der Waals surface area contributed by atoms with Gasteiger partial charge in [-0.05, 0) is 67.5 Å². The first-order valence-electron chi connectivity index (χ1n) is 14.4. The Kier molecular flexibility index (Phi) is 7.22. The SMILES string of the molecule is COc1cc(Br)cc([C@H]2C3=CC[C@@H]4C(=O)N(Cc5cccs5)C(=O)[C@@H]4[C@@H]3C[C@H]3C(=O)N(c4ccc(F)c(Cl)c4)C(=O)[C@@]23C)c1O. The summed E-state index contributed by atoms with van der Waals surface area (Å²) in [5.41, 5.74) is -0.190. The number of amides is 4. The minimum Gasteiger partial charge on any atom is -0.504 e. The summed E-state index contributed by atoms with van der Waals surface area (Å²) in [6.45, 7) is 1.88. The van der Waals surface area contributed by atoms with E-state index < -0.39 is 52.6 Å². The second kappa shape index (κ2) is 10.8. The van der Waals surface area contributed by atoms with Crippen LogP contribution in [0.2, 0.25) is 5.02 Å². The highest BCUT2D eigenvalue weighted by Gasteiger charge is 2.68. The average Bonchev–Trinajstić information content (AvgIpc) is 3.67. The molecule has 7 rings (SSSR count). The third-order valence-corrected chi connectivity index (χ3v) is 11.6. The van der Waals surface area contributed by atoms with Crippen LogP contribution >= 0.6 is 38.9 Å². The predicted molar refractivity (Wildman–Crippen MR) is 168 cm³/mol. The predicted octanol–water partition coefficient (Wildman–Crippen LogP) is 6.45. The highest BCUT2D eigenvalue weighted by atomic mass is 79.9. The molecule has 0 unspecified atom stereocenters. The standard InChI is InChI=1S/C33H27BrClFN2O6S/c1-33-22(30(41)38(32(33)43)16-5-8-24(36)23(35)12-16)13-20-18(27(33)21-10-15(34)11-25(44-2)28(21)39)6-7-19-26(20)31(42)37(29(19)40)14-17-4-3-9-45-17/h3-6,8-12,19-20,22,26-27,39H,7,13-14H2,1-2H3/t19-,20+,22-,26-,27+,33+/m0/s1. The van der Waals surface area contributed by atoms with Gasteiger partial charge in [0.2, 0.25) is 23.6 Å². The van der Waals surface area contributed by atoms with E-state index in [9.17, 15) is 28.7 Å². The van der Waals surface area contributed by atoms with Gasteiger partial charge < -0.3 is 9.84 Å². The maximum Gasteiger partial charge on any atom is 0.241 e. The summed E-state index contributed by atoms with van der Waals surface area (Å²) in [4.78, 5) is 59.8. The summed E-state index contributed by atoms with van der Waals surface area (Å²) in [5, 5.41) is 13.1. The molecule has 2 saturated heterocycles. The number of allylic oxidation sites excluding steroid dienone is 2. The van der Waals surface area contributed by atoms with E-state index in [0.29, 0.717) is 10.0 Å². The van der Waals surface area contributed by atoms with E-state index in [1.807, 2.05) is 23.6 Å². The fourth-order valence-electron chi connectivity index (χ4n) is 7.98. The summed E-state index contributed by atoms with van der Waals surface area (Å²) in [7, 11) is 1.42. The van der Waals surface area contributed by atoms with Crippen LogP contribution in [0, 0.1) is 34.9 Å². The Morgan fingerprint density at radius 3 is 2.58 bits per heavy atom. The van der Waals surface area contributed by atoms with E-state index in [1.54, 1.807) is 19.1 Å². The van der Waals surface area contributed by atoms with E-state index in [2.05, 4.69) is 15.9 Å². The number of hydrogen-bond acceptors (Lipinski definition) is 7. The van der Waals surface area contributed by atoms with Crippen molar-refractivity contribution in [2.75, 3.05) is 12.0 Å². The maximum atomic E-state index is 14.5. The Balaban J connectivity index is 1.39. The molecule has 232 valence electrons. The number of hydrogen-bond donors (Lipinski definition) is 1. The lowest BCUT2D eigenvalue weighted by molar-refractivity contribution is -0.141. The van der Waals surface area contributed by atoms with Crippen molar-refractivity contribution in [2.24, 2.45) is 29.1 Å². The van der Waals surface area contributed by atoms with Gasteiger partial charge in [0.15, 0.2) is 11.5 Å². The first kappa shape index (κ1) is 30.1. The van der Waals surface area contributed by atoms with Crippen molar-refractivity contribution in [1.82, 2.24) is 4.90 Å². The van der Waals surface area contributed by atoms with E-state index in [1.165, 1.54) is 35.5 Å². The number of fused-ring (bicyclic) bond motifs is 4. The summed E-state index contributed by atoms with van der Waals surface area (Å²) in [6.07, 6.45) is 2.35. The molecule has 6 atom stereocenters. The zero-order valence-corrected chi connectivity index (χ0v) is 27.3. The number of phenolic OH excluding ortho intramolecular Hbond substituents is 1. The van der Waals surface area contributed by atoms with Crippen molar-refractivity contribution in [3.8, 4) is 11.5 Å². The molecule has 3 aromatic rings. The van der Waals surface area contributed by atoms with Crippen LogP contribution in [0.3, 0.4) is 0 Å². The molecule has 1 saturated carbocycles. The van der Waals surface area contributed by atoms with Gasteiger partial charge in [0, 0.05) is 20.8 Å². The zero-order valence-electron chi connectivity index (χ0n) is 24.1. The lowest BCUT2D eigenvalue weighted by atomic mass is 9.51. The van der Waals surface area contributed by atoms with Gasteiger partial charge in [-0.3, -0.25) is 24.1 Å². The molecule has 3 heterocycles. The number of ether oxygens (including phenoxy) is 1. The van der Waals surface area contributed by atoms with E-state index in [4.69, 9.17) is 16.3 Å². The lowest BCUT2D eigenvalue weighted by Gasteiger charge is -2.49. The fraction of sp³-hybridized carbons (Fsp3) is 0.333. The van der Waals surface area contributed by atoms with Crippen molar-refractivity contribution in [2.45, 2.75) is 32.2 Å². The molecule has 1 aromatic heterocycles. The molecule has 45 heavy (non-hydrogen) atoms. The summed E-state index contributed by atoms with van der Waals surface area (Å²) >= 11 is 11.0. The number of anilines is 1. The molecule has 0 spiro atoms. The highest BCUT2D eigenvalue weighted by Crippen LogP contribution is 2.65. The van der Waals surface area contributed by atoms with Crippen molar-refractivity contribution < 1.29 is 33.4 Å². The minimum atomic E-state index is -1.40. The highest BCUT2D eigenvalue weighted by molar-refractivity contribution is 9.10. The van der Waals surface area contributed by atoms with Crippen molar-refractivity contribution >= 4 is 68.2 Å². The second-order valence-corrected chi connectivity index (χ2v) is 14.5. The number of nitrogens with zero attached hydrogens (tertiary/aromatic N) is 2. The summed E-state index contributed by atoms with van der Waals surface area (Å²) < 4.78 is 20.1. The van der Waals surface area contributed by atoms with Crippen molar-refractivity contribution in [3.63, 3.8) is 0 Å². The Morgan fingerprint density at radius 1 is 1.11 bits per heavy atom. The maximum absolute atomic E-state index is 14.5. The number of thiophene rings is 1. The first-order valence-corrected chi connectivity index (χ1v) is 16.5. The van der Waals surface area contributed by atoms with Crippen LogP contribution in [-0.4, -0.2) is 40.7 Å². The van der Waals surface area contributed by atoms with Gasteiger partial charge in [-0.2, -0.15) is 0 Å². The van der Waals surface area contributed by atoms with Gasteiger partial charge in [-0.25, -0.2) is 9.29 Å². The molecule has 0 bridgehead atoms. The number of imide groups is 2. The molecular weight excluding hydrogens is 687 g/mol. The Hall–Kier alpha value is -3.54. The average molecular weight is 714 g/mol. The molecule has 2 aliphatic heterocycles. The van der Waals surface area contributed by atoms with Gasteiger partial charge in [0.1, 0.15) is 5.82 Å². The van der Waals surface area contributed by atoms with Gasteiger partial charge in [-0.1, -0.05) is 45.2 Å². The van der Waals surface area contributed by atoms with E-state index >= 15 is 0 Å². The summed E-state index contributed by atoms with van der Waals surface area (Å²) in [6, 6.07) is 10.7. The summed E-state index contributed by atoms with van der Waals surface area (Å²) in [5.74, 6) is -5.93. The Labute approximate surface area is 275 Å². The number of likely N-dealkylation sites (tertiary alicyclic amines) is 1. The van der Waals surface area contributed by atoms with E-state index in [-0.39, 0.29) is 53.4 Å². The molecule has 4 aliphatic rings. The molecular formula is C33H27BrClFN2O6S. The van der Waals surface area contributed by atoms with Crippen LogP contribution in [0.15, 0.2) is 64.0 Å². The topological polar surface area (TPSA) is 104 Å². The molecule has 0 radical (unpaired) electrons. The number of aromatic hydroxyl groups is 1. The number of phenols is 1. The fourth-order valence-corrected chi connectivity index (χ4v) is 9.30. The van der Waals surface area contributed by atoms with Gasteiger partial charge in [0.25, 0.3) is 0 Å². The number of benzene rings is 2. The third-order valence-electron chi connectivity index (χ3n) is 10.0. The zero-order chi connectivity index (χ0) is 31.9. The molecule has 4 amide bonds. The molecule has 2 aliphatic carbocycles. The van der Waals surface area contributed by atoms with Gasteiger partial charge in [-0.15, -0.1) is 11.3 Å². The Morgan fingerprint density at radius 2 is 1.89 bits per heavy atom. The van der Waals surface area contributed by atoms with Gasteiger partial charge >= 0.3 is 0 Å². The number of halogens is 3. The van der Waals surface area contributed by atoms with Crippen LogP contribution < -0.4 is 9.64 Å². The molecule has 8 nitrogen and oxygen atoms in total. The minimum absolute atomic E-state index is 0.130. The normalized spacial score (nSPS) is 29.1. The van der Waals surface area contributed by atoms with Crippen LogP contribution in [0.25, 0.3) is 0 Å². The Bertz CT molecular complexity index is 1830. The largest absolute Gasteiger partial charge is 0.504 e. The van der Waals surface area contributed by atoms with Crippen LogP contribution in [0.5, 0.6) is 11.5 Å². The third kappa shape index (κ3) is 4.34. The monoisotopic (exact) mass is 712 g/mol. The van der Waals surface area contributed by atoms with Crippen LogP contribution in [0.1, 0.15) is 36.1 Å². The van der Waals surface area contributed by atoms with Crippen molar-refractivity contribution in [1.29, 1.82) is 0 Å². The van der Waals surface area contributed by atoms with Crippen molar-refractivity contribution in [3.05, 3.63) is 85.2 Å². The molecule has 3 fully saturated rings. The molecule has 1 N–H and O–H groups in total. The molecule has 2 aromatic carbocycles. The van der Waals surface area contributed by atoms with Crippen LogP contribution in [-0.2, 0) is 25.7 Å². The van der Waals surface area contributed by atoms with Gasteiger partial charge in [0.05, 0.1) is 47.5 Å². The molecule has 12 heteroatoms. The number of methoxy groups -OCH3 is 1.